The predicted molar refractivity (Wildman–Crippen MR) is 44.3 cm³/mol. The number of hydrogen-bond acceptors (Lipinski definition) is 3. The molecule has 0 unspecified atom stereocenters. The first-order chi connectivity index (χ1) is 6.60. The van der Waals surface area contributed by atoms with Crippen molar-refractivity contribution in [3.63, 3.8) is 0 Å². The van der Waals surface area contributed by atoms with Crippen LogP contribution in [0.15, 0.2) is 6.07 Å². The molecule has 0 atom stereocenters. The first kappa shape index (κ1) is 10.5. The van der Waals surface area contributed by atoms with Gasteiger partial charge in [0.25, 0.3) is 6.43 Å². The quantitative estimate of drug-likeness (QED) is 0.713. The Bertz CT molecular complexity index is 415. The van der Waals surface area contributed by atoms with Crippen LogP contribution in [0.1, 0.15) is 28.2 Å². The van der Waals surface area contributed by atoms with Gasteiger partial charge in [-0.25, -0.2) is 13.8 Å². The molecule has 1 rings (SSSR count). The van der Waals surface area contributed by atoms with Gasteiger partial charge in [0.1, 0.15) is 11.8 Å². The van der Waals surface area contributed by atoms with Crippen LogP contribution in [-0.4, -0.2) is 11.3 Å². The number of nitrogens with zero attached hydrogens (tertiary/aromatic N) is 2. The van der Waals surface area contributed by atoms with Gasteiger partial charge in [-0.05, 0) is 6.07 Å². The van der Waals surface area contributed by atoms with Crippen LogP contribution < -0.4 is 0 Å². The highest BCUT2D eigenvalue weighted by molar-refractivity contribution is 6.31. The summed E-state index contributed by atoms with van der Waals surface area (Å²) >= 11 is 5.46. The largest absolute Gasteiger partial charge is 0.296 e. The summed E-state index contributed by atoms with van der Waals surface area (Å²) in [4.78, 5) is 13.7. The van der Waals surface area contributed by atoms with Crippen molar-refractivity contribution in [1.82, 2.24) is 4.98 Å². The number of rotatable bonds is 2. The topological polar surface area (TPSA) is 53.8 Å². The molecule has 0 aromatic carbocycles. The number of hydrogen-bond donors (Lipinski definition) is 0. The minimum atomic E-state index is -2.88. The maximum Gasteiger partial charge on any atom is 0.268 e. The average Bonchev–Trinajstić information content (AvgIpc) is 2.15. The van der Waals surface area contributed by atoms with E-state index in [1.165, 1.54) is 6.07 Å². The van der Waals surface area contributed by atoms with Crippen LogP contribution >= 0.6 is 11.6 Å². The Hall–Kier alpha value is -1.54. The third-order valence-electron chi connectivity index (χ3n) is 1.47. The highest BCUT2D eigenvalue weighted by atomic mass is 35.5. The Balaban J connectivity index is 3.44. The molecule has 0 saturated carbocycles. The molecule has 1 heterocycles. The van der Waals surface area contributed by atoms with E-state index in [2.05, 4.69) is 4.98 Å². The number of aldehydes is 1. The number of carbonyl (C=O) groups excluding carboxylic acids is 1. The summed E-state index contributed by atoms with van der Waals surface area (Å²) < 4.78 is 24.7. The Morgan fingerprint density at radius 2 is 2.29 bits per heavy atom. The molecule has 0 bridgehead atoms. The zero-order valence-electron chi connectivity index (χ0n) is 6.67. The van der Waals surface area contributed by atoms with Gasteiger partial charge in [-0.3, -0.25) is 4.79 Å². The molecule has 0 radical (unpaired) electrons. The van der Waals surface area contributed by atoms with Crippen LogP contribution in [0, 0.1) is 11.3 Å². The van der Waals surface area contributed by atoms with E-state index in [0.717, 1.165) is 6.07 Å². The van der Waals surface area contributed by atoms with Gasteiger partial charge in [0.2, 0.25) is 0 Å². The molecule has 0 N–H and O–H groups in total. The van der Waals surface area contributed by atoms with Crippen LogP contribution in [0.3, 0.4) is 0 Å². The lowest BCUT2D eigenvalue weighted by Gasteiger charge is -2.04. The summed E-state index contributed by atoms with van der Waals surface area (Å²) in [5.41, 5.74) is -1.30. The van der Waals surface area contributed by atoms with Gasteiger partial charge in [-0.15, -0.1) is 0 Å². The van der Waals surface area contributed by atoms with Crippen molar-refractivity contribution in [2.45, 2.75) is 6.43 Å². The second-order valence-electron chi connectivity index (χ2n) is 2.32. The van der Waals surface area contributed by atoms with Crippen LogP contribution in [0.4, 0.5) is 8.78 Å². The van der Waals surface area contributed by atoms with Crippen molar-refractivity contribution in [2.75, 3.05) is 0 Å². The van der Waals surface area contributed by atoms with E-state index >= 15 is 0 Å². The number of aromatic nitrogens is 1. The molecule has 0 aliphatic rings. The fourth-order valence-corrected chi connectivity index (χ4v) is 1.18. The molecule has 1 aromatic rings. The van der Waals surface area contributed by atoms with Crippen LogP contribution in [-0.2, 0) is 0 Å². The van der Waals surface area contributed by atoms with Crippen molar-refractivity contribution in [3.8, 4) is 6.07 Å². The van der Waals surface area contributed by atoms with Crippen molar-refractivity contribution in [3.05, 3.63) is 28.0 Å². The summed E-state index contributed by atoms with van der Waals surface area (Å²) in [6.45, 7) is 0. The van der Waals surface area contributed by atoms with Crippen LogP contribution in [0.2, 0.25) is 5.02 Å². The maximum absolute atomic E-state index is 12.3. The number of nitriles is 1. The van der Waals surface area contributed by atoms with Crippen molar-refractivity contribution in [2.24, 2.45) is 0 Å². The van der Waals surface area contributed by atoms with Gasteiger partial charge in [-0.2, -0.15) is 5.26 Å². The standard InChI is InChI=1S/C8H3ClF2N2O/c9-5-1-4(3-14)13-6(2-12)7(5)8(10)11/h1,3,8H. The molecule has 14 heavy (non-hydrogen) atoms. The second-order valence-corrected chi connectivity index (χ2v) is 2.73. The lowest BCUT2D eigenvalue weighted by Crippen LogP contribution is -1.99. The molecule has 0 aliphatic carbocycles. The molecule has 72 valence electrons. The summed E-state index contributed by atoms with van der Waals surface area (Å²) in [5, 5.41) is 8.17. The minimum absolute atomic E-state index is 0.143. The normalized spacial score (nSPS) is 9.93. The average molecular weight is 217 g/mol. The molecule has 0 fully saturated rings. The summed E-state index contributed by atoms with van der Waals surface area (Å²) in [6, 6.07) is 2.45. The Kier molecular flexibility index (Phi) is 3.10. The first-order valence-electron chi connectivity index (χ1n) is 3.44. The van der Waals surface area contributed by atoms with E-state index < -0.39 is 17.7 Å². The van der Waals surface area contributed by atoms with Gasteiger partial charge < -0.3 is 0 Å². The molecule has 3 nitrogen and oxygen atoms in total. The van der Waals surface area contributed by atoms with E-state index in [0.29, 0.717) is 6.29 Å². The zero-order chi connectivity index (χ0) is 10.7. The second kappa shape index (κ2) is 4.11. The molecule has 6 heteroatoms. The van der Waals surface area contributed by atoms with E-state index in [1.807, 2.05) is 0 Å². The van der Waals surface area contributed by atoms with E-state index in [1.54, 1.807) is 0 Å². The van der Waals surface area contributed by atoms with Gasteiger partial charge >= 0.3 is 0 Å². The molecular weight excluding hydrogens is 214 g/mol. The molecule has 0 aliphatic heterocycles. The zero-order valence-corrected chi connectivity index (χ0v) is 7.42. The highest BCUT2D eigenvalue weighted by Gasteiger charge is 2.19. The molecule has 0 spiro atoms. The molecule has 0 amide bonds. The smallest absolute Gasteiger partial charge is 0.268 e. The lowest BCUT2D eigenvalue weighted by atomic mass is 10.2. The fraction of sp³-hybridized carbons (Fsp3) is 0.125. The van der Waals surface area contributed by atoms with Crippen molar-refractivity contribution < 1.29 is 13.6 Å². The maximum atomic E-state index is 12.3. The third kappa shape index (κ3) is 1.86. The Morgan fingerprint density at radius 3 is 2.71 bits per heavy atom. The molecule has 1 aromatic heterocycles. The summed E-state index contributed by atoms with van der Waals surface area (Å²) in [5.74, 6) is 0. The van der Waals surface area contributed by atoms with E-state index in [-0.39, 0.29) is 10.7 Å². The Labute approximate surface area is 82.9 Å². The fourth-order valence-electron chi connectivity index (χ4n) is 0.895. The van der Waals surface area contributed by atoms with Crippen LogP contribution in [0.5, 0.6) is 0 Å². The lowest BCUT2D eigenvalue weighted by molar-refractivity contribution is 0.111. The van der Waals surface area contributed by atoms with Gasteiger partial charge in [-0.1, -0.05) is 11.6 Å². The Morgan fingerprint density at radius 1 is 1.64 bits per heavy atom. The predicted octanol–water partition coefficient (Wildman–Crippen LogP) is 2.36. The number of carbonyl (C=O) groups is 1. The van der Waals surface area contributed by atoms with E-state index in [9.17, 15) is 13.6 Å². The van der Waals surface area contributed by atoms with Crippen molar-refractivity contribution in [1.29, 1.82) is 5.26 Å². The number of halogens is 3. The third-order valence-corrected chi connectivity index (χ3v) is 1.79. The first-order valence-corrected chi connectivity index (χ1v) is 3.81. The monoisotopic (exact) mass is 216 g/mol. The van der Waals surface area contributed by atoms with Crippen LogP contribution in [0.25, 0.3) is 0 Å². The SMILES string of the molecule is N#Cc1nc(C=O)cc(Cl)c1C(F)F. The highest BCUT2D eigenvalue weighted by Crippen LogP contribution is 2.29. The molecule has 0 saturated heterocycles. The number of alkyl halides is 2. The van der Waals surface area contributed by atoms with Crippen molar-refractivity contribution >= 4 is 17.9 Å². The van der Waals surface area contributed by atoms with Gasteiger partial charge in [0.05, 0.1) is 10.6 Å². The van der Waals surface area contributed by atoms with Gasteiger partial charge in [0.15, 0.2) is 12.0 Å². The van der Waals surface area contributed by atoms with E-state index in [4.69, 9.17) is 16.9 Å². The minimum Gasteiger partial charge on any atom is -0.296 e. The van der Waals surface area contributed by atoms with Gasteiger partial charge in [0, 0.05) is 0 Å². The summed E-state index contributed by atoms with van der Waals surface area (Å²) in [6.07, 6.45) is -2.55. The molecular formula is C8H3ClF2N2O. The number of pyridine rings is 1. The summed E-state index contributed by atoms with van der Waals surface area (Å²) in [7, 11) is 0.